The Hall–Kier alpha value is -3.24. The second kappa shape index (κ2) is 11.2. The van der Waals surface area contributed by atoms with Crippen LogP contribution in [-0.4, -0.2) is 46.0 Å². The number of rotatable bonds is 10. The molecule has 166 valence electrons. The number of esters is 2. The second-order valence-electron chi connectivity index (χ2n) is 6.44. The van der Waals surface area contributed by atoms with E-state index in [-0.39, 0.29) is 35.7 Å². The fourth-order valence-electron chi connectivity index (χ4n) is 2.47. The number of ether oxygens (including phenoxy) is 2. The lowest BCUT2D eigenvalue weighted by atomic mass is 10.2. The van der Waals surface area contributed by atoms with E-state index in [4.69, 9.17) is 9.47 Å². The van der Waals surface area contributed by atoms with Crippen LogP contribution in [0.5, 0.6) is 0 Å². The first-order valence-corrected chi connectivity index (χ1v) is 11.0. The van der Waals surface area contributed by atoms with Gasteiger partial charge in [0.05, 0.1) is 29.2 Å². The van der Waals surface area contributed by atoms with Crippen LogP contribution in [0.3, 0.4) is 0 Å². The van der Waals surface area contributed by atoms with Crippen molar-refractivity contribution in [2.24, 2.45) is 0 Å². The molecule has 0 atom stereocenters. The van der Waals surface area contributed by atoms with Crippen molar-refractivity contribution < 1.29 is 32.3 Å². The molecule has 9 nitrogen and oxygen atoms in total. The van der Waals surface area contributed by atoms with E-state index in [1.807, 2.05) is 6.92 Å². The zero-order valence-corrected chi connectivity index (χ0v) is 18.0. The molecule has 0 heterocycles. The molecule has 0 spiro atoms. The van der Waals surface area contributed by atoms with E-state index in [1.54, 1.807) is 31.2 Å². The zero-order valence-electron chi connectivity index (χ0n) is 17.2. The number of anilines is 1. The van der Waals surface area contributed by atoms with Crippen molar-refractivity contribution in [3.63, 3.8) is 0 Å². The van der Waals surface area contributed by atoms with Gasteiger partial charge in [0.2, 0.25) is 10.0 Å². The molecule has 0 radical (unpaired) electrons. The van der Waals surface area contributed by atoms with Crippen LogP contribution in [0.2, 0.25) is 0 Å². The molecular weight excluding hydrogens is 424 g/mol. The number of benzene rings is 2. The van der Waals surface area contributed by atoms with E-state index < -0.39 is 34.5 Å². The highest BCUT2D eigenvalue weighted by atomic mass is 32.2. The Kier molecular flexibility index (Phi) is 8.71. The summed E-state index contributed by atoms with van der Waals surface area (Å²) in [7, 11) is -3.74. The first-order chi connectivity index (χ1) is 14.7. The van der Waals surface area contributed by atoms with Gasteiger partial charge in [-0.2, -0.15) is 0 Å². The Labute approximate surface area is 180 Å². The summed E-state index contributed by atoms with van der Waals surface area (Å²) in [6, 6.07) is 12.5. The van der Waals surface area contributed by atoms with Crippen molar-refractivity contribution in [3.05, 3.63) is 59.7 Å². The van der Waals surface area contributed by atoms with Crippen LogP contribution >= 0.6 is 0 Å². The number of aryl methyl sites for hydroxylation is 1. The van der Waals surface area contributed by atoms with Crippen LogP contribution in [0.15, 0.2) is 53.4 Å². The highest BCUT2D eigenvalue weighted by Gasteiger charge is 2.16. The number of hydrogen-bond donors (Lipinski definition) is 2. The van der Waals surface area contributed by atoms with Crippen molar-refractivity contribution >= 4 is 33.6 Å². The SMILES string of the molecule is CCOC(=O)c1ccccc1NC(=O)COC(=O)CCNS(=O)(=O)c1ccc(C)cc1. The lowest BCUT2D eigenvalue weighted by Crippen LogP contribution is -2.28. The van der Waals surface area contributed by atoms with Gasteiger partial charge in [-0.15, -0.1) is 0 Å². The summed E-state index contributed by atoms with van der Waals surface area (Å²) in [5, 5.41) is 2.48. The van der Waals surface area contributed by atoms with Crippen molar-refractivity contribution in [2.45, 2.75) is 25.2 Å². The van der Waals surface area contributed by atoms with Crippen LogP contribution in [0.1, 0.15) is 29.3 Å². The molecule has 2 N–H and O–H groups in total. The Morgan fingerprint density at radius 2 is 1.65 bits per heavy atom. The fraction of sp³-hybridized carbons (Fsp3) is 0.286. The number of nitrogens with one attached hydrogen (secondary N) is 2. The van der Waals surface area contributed by atoms with E-state index in [0.29, 0.717) is 0 Å². The lowest BCUT2D eigenvalue weighted by molar-refractivity contribution is -0.147. The van der Waals surface area contributed by atoms with Gasteiger partial charge in [0.1, 0.15) is 0 Å². The number of para-hydroxylation sites is 1. The summed E-state index contributed by atoms with van der Waals surface area (Å²) in [6.45, 7) is 2.93. The molecule has 0 aliphatic heterocycles. The lowest BCUT2D eigenvalue weighted by Gasteiger charge is -2.11. The van der Waals surface area contributed by atoms with Gasteiger partial charge in [-0.05, 0) is 38.1 Å². The third-order valence-corrected chi connectivity index (χ3v) is 5.49. The van der Waals surface area contributed by atoms with E-state index in [9.17, 15) is 22.8 Å². The number of hydrogen-bond acceptors (Lipinski definition) is 7. The van der Waals surface area contributed by atoms with Gasteiger partial charge in [0.15, 0.2) is 6.61 Å². The summed E-state index contributed by atoms with van der Waals surface area (Å²) in [6.07, 6.45) is -0.252. The largest absolute Gasteiger partial charge is 0.462 e. The molecule has 2 aromatic rings. The molecular formula is C21H24N2O7S. The standard InChI is InChI=1S/C21H24N2O7S/c1-3-29-21(26)17-6-4-5-7-18(17)23-19(24)14-30-20(25)12-13-22-31(27,28)16-10-8-15(2)9-11-16/h4-11,22H,3,12-14H2,1-2H3,(H,23,24). The molecule has 0 unspecified atom stereocenters. The third-order valence-electron chi connectivity index (χ3n) is 4.01. The molecule has 2 rings (SSSR count). The summed E-state index contributed by atoms with van der Waals surface area (Å²) in [4.78, 5) is 35.9. The first kappa shape index (κ1) is 24.0. The maximum Gasteiger partial charge on any atom is 0.340 e. The number of amides is 1. The minimum Gasteiger partial charge on any atom is -0.462 e. The fourth-order valence-corrected chi connectivity index (χ4v) is 3.50. The average Bonchev–Trinajstić information content (AvgIpc) is 2.73. The van der Waals surface area contributed by atoms with Crippen LogP contribution in [0.25, 0.3) is 0 Å². The molecule has 2 aromatic carbocycles. The van der Waals surface area contributed by atoms with Crippen molar-refractivity contribution in [1.82, 2.24) is 4.72 Å². The van der Waals surface area contributed by atoms with E-state index in [1.165, 1.54) is 24.3 Å². The van der Waals surface area contributed by atoms with E-state index in [0.717, 1.165) is 5.56 Å². The summed E-state index contributed by atoms with van der Waals surface area (Å²) < 4.78 is 36.4. The van der Waals surface area contributed by atoms with Gasteiger partial charge >= 0.3 is 11.9 Å². The molecule has 0 aromatic heterocycles. The Bertz CT molecular complexity index is 1030. The van der Waals surface area contributed by atoms with Crippen molar-refractivity contribution in [1.29, 1.82) is 0 Å². The minimum atomic E-state index is -3.74. The molecule has 0 aliphatic carbocycles. The highest BCUT2D eigenvalue weighted by molar-refractivity contribution is 7.89. The predicted octanol–water partition coefficient (Wildman–Crippen LogP) is 2.02. The average molecular weight is 448 g/mol. The van der Waals surface area contributed by atoms with Crippen LogP contribution < -0.4 is 10.0 Å². The van der Waals surface area contributed by atoms with Gasteiger partial charge in [-0.1, -0.05) is 29.8 Å². The van der Waals surface area contributed by atoms with Crippen molar-refractivity contribution in [3.8, 4) is 0 Å². The summed E-state index contributed by atoms with van der Waals surface area (Å²) in [5.41, 5.74) is 1.33. The molecule has 0 saturated heterocycles. The maximum atomic E-state index is 12.2. The smallest absolute Gasteiger partial charge is 0.340 e. The molecule has 1 amide bonds. The van der Waals surface area contributed by atoms with Crippen molar-refractivity contribution in [2.75, 3.05) is 25.1 Å². The maximum absolute atomic E-state index is 12.2. The summed E-state index contributed by atoms with van der Waals surface area (Å²) >= 11 is 0. The molecule has 0 bridgehead atoms. The van der Waals surface area contributed by atoms with Gasteiger partial charge in [-0.3, -0.25) is 9.59 Å². The normalized spacial score (nSPS) is 10.9. The molecule has 31 heavy (non-hydrogen) atoms. The van der Waals surface area contributed by atoms with Gasteiger partial charge < -0.3 is 14.8 Å². The molecule has 0 aliphatic rings. The van der Waals surface area contributed by atoms with E-state index in [2.05, 4.69) is 10.0 Å². The number of carbonyl (C=O) groups is 3. The Morgan fingerprint density at radius 3 is 2.32 bits per heavy atom. The predicted molar refractivity (Wildman–Crippen MR) is 113 cm³/mol. The minimum absolute atomic E-state index is 0.0890. The van der Waals surface area contributed by atoms with Gasteiger partial charge in [0.25, 0.3) is 5.91 Å². The van der Waals surface area contributed by atoms with Gasteiger partial charge in [0, 0.05) is 6.54 Å². The molecule has 10 heteroatoms. The second-order valence-corrected chi connectivity index (χ2v) is 8.20. The number of carbonyl (C=O) groups excluding carboxylic acids is 3. The third kappa shape index (κ3) is 7.50. The van der Waals surface area contributed by atoms with Crippen LogP contribution in [0, 0.1) is 6.92 Å². The Balaban J connectivity index is 1.79. The molecule has 0 saturated carbocycles. The summed E-state index contributed by atoms with van der Waals surface area (Å²) in [5.74, 6) is -1.98. The van der Waals surface area contributed by atoms with E-state index >= 15 is 0 Å². The van der Waals surface area contributed by atoms with Gasteiger partial charge in [-0.25, -0.2) is 17.9 Å². The topological polar surface area (TPSA) is 128 Å². The number of sulfonamides is 1. The molecule has 0 fully saturated rings. The van der Waals surface area contributed by atoms with Crippen LogP contribution in [0.4, 0.5) is 5.69 Å². The Morgan fingerprint density at radius 1 is 0.968 bits per heavy atom. The first-order valence-electron chi connectivity index (χ1n) is 9.51. The van der Waals surface area contributed by atoms with Crippen LogP contribution in [-0.2, 0) is 29.1 Å². The highest BCUT2D eigenvalue weighted by Crippen LogP contribution is 2.16. The quantitative estimate of drug-likeness (QED) is 0.532. The monoisotopic (exact) mass is 448 g/mol. The zero-order chi connectivity index (χ0) is 22.9.